The number of fused-ring (bicyclic) bond motifs is 1. The molecule has 144 valence electrons. The number of halogens is 1. The number of pyridine rings is 1. The first-order valence-electron chi connectivity index (χ1n) is 8.66. The summed E-state index contributed by atoms with van der Waals surface area (Å²) in [5.74, 6) is 0.180. The molecule has 9 heteroatoms. The highest BCUT2D eigenvalue weighted by molar-refractivity contribution is 9.10. The van der Waals surface area contributed by atoms with Crippen LogP contribution >= 0.6 is 15.9 Å². The number of aromatic nitrogens is 3. The van der Waals surface area contributed by atoms with Crippen molar-refractivity contribution in [1.82, 2.24) is 15.0 Å². The van der Waals surface area contributed by atoms with Gasteiger partial charge in [-0.1, -0.05) is 34.1 Å². The van der Waals surface area contributed by atoms with Crippen molar-refractivity contribution in [3.63, 3.8) is 0 Å². The Morgan fingerprint density at radius 3 is 2.41 bits per heavy atom. The van der Waals surface area contributed by atoms with E-state index >= 15 is 0 Å². The van der Waals surface area contributed by atoms with Crippen LogP contribution in [-0.4, -0.2) is 19.9 Å². The lowest BCUT2D eigenvalue weighted by Crippen LogP contribution is -2.06. The number of benzene rings is 2. The summed E-state index contributed by atoms with van der Waals surface area (Å²) in [6, 6.07) is 16.7. The van der Waals surface area contributed by atoms with Crippen LogP contribution in [0.5, 0.6) is 0 Å². The highest BCUT2D eigenvalue weighted by atomic mass is 79.9. The molecule has 0 aliphatic heterocycles. The third-order valence-electron chi connectivity index (χ3n) is 4.22. The first kappa shape index (κ1) is 18.8. The minimum Gasteiger partial charge on any atom is -0.334 e. The molecular formula is C20H15BrN6O2. The molecule has 2 aromatic carbocycles. The van der Waals surface area contributed by atoms with E-state index in [1.54, 1.807) is 12.1 Å². The second-order valence-corrected chi connectivity index (χ2v) is 7.18. The molecule has 0 aliphatic carbocycles. The van der Waals surface area contributed by atoms with Crippen molar-refractivity contribution in [1.29, 1.82) is 0 Å². The van der Waals surface area contributed by atoms with E-state index < -0.39 is 4.92 Å². The maximum atomic E-state index is 11.8. The zero-order valence-electron chi connectivity index (χ0n) is 15.3. The Morgan fingerprint density at radius 1 is 0.966 bits per heavy atom. The largest absolute Gasteiger partial charge is 0.353 e. The highest BCUT2D eigenvalue weighted by Gasteiger charge is 2.24. The molecule has 0 saturated carbocycles. The van der Waals surface area contributed by atoms with E-state index in [4.69, 9.17) is 0 Å². The summed E-state index contributed by atoms with van der Waals surface area (Å²) in [4.78, 5) is 24.0. The van der Waals surface area contributed by atoms with Crippen LogP contribution < -0.4 is 10.6 Å². The van der Waals surface area contributed by atoms with Crippen LogP contribution in [0.1, 0.15) is 5.69 Å². The van der Waals surface area contributed by atoms with Crippen LogP contribution in [0.25, 0.3) is 10.9 Å². The third kappa shape index (κ3) is 3.99. The Morgan fingerprint density at radius 2 is 1.69 bits per heavy atom. The highest BCUT2D eigenvalue weighted by Crippen LogP contribution is 2.34. The minimum atomic E-state index is -0.507. The number of anilines is 4. The van der Waals surface area contributed by atoms with Crippen LogP contribution in [0.2, 0.25) is 0 Å². The summed E-state index contributed by atoms with van der Waals surface area (Å²) < 4.78 is 0.904. The standard InChI is InChI=1S/C20H15BrN6O2/c1-12-5-6-13-3-2-4-16(17(13)24-12)26-20-18(27(28)29)19(22-11-23-20)25-15-9-7-14(21)8-10-15/h2-11H,1H3,(H2,22,23,25,26). The lowest BCUT2D eigenvalue weighted by molar-refractivity contribution is -0.383. The van der Waals surface area contributed by atoms with Gasteiger partial charge in [-0.15, -0.1) is 0 Å². The summed E-state index contributed by atoms with van der Waals surface area (Å²) >= 11 is 3.36. The maximum Gasteiger partial charge on any atom is 0.353 e. The van der Waals surface area contributed by atoms with Gasteiger partial charge in [0.1, 0.15) is 6.33 Å². The molecule has 2 aromatic heterocycles. The molecule has 29 heavy (non-hydrogen) atoms. The fraction of sp³-hybridized carbons (Fsp3) is 0.0500. The Bertz CT molecular complexity index is 1210. The third-order valence-corrected chi connectivity index (χ3v) is 4.75. The number of aryl methyl sites for hydroxylation is 1. The summed E-state index contributed by atoms with van der Waals surface area (Å²) in [5, 5.41) is 18.8. The van der Waals surface area contributed by atoms with Gasteiger partial charge >= 0.3 is 5.69 Å². The second-order valence-electron chi connectivity index (χ2n) is 6.26. The second kappa shape index (κ2) is 7.80. The van der Waals surface area contributed by atoms with Crippen LogP contribution in [-0.2, 0) is 0 Å². The van der Waals surface area contributed by atoms with Gasteiger partial charge in [0.25, 0.3) is 0 Å². The van der Waals surface area contributed by atoms with E-state index in [1.807, 2.05) is 49.4 Å². The number of para-hydroxylation sites is 1. The van der Waals surface area contributed by atoms with Crippen molar-refractivity contribution in [2.24, 2.45) is 0 Å². The Balaban J connectivity index is 1.76. The lowest BCUT2D eigenvalue weighted by atomic mass is 10.1. The van der Waals surface area contributed by atoms with Crippen molar-refractivity contribution in [3.8, 4) is 0 Å². The van der Waals surface area contributed by atoms with Crippen molar-refractivity contribution >= 4 is 55.5 Å². The van der Waals surface area contributed by atoms with E-state index in [2.05, 4.69) is 41.5 Å². The van der Waals surface area contributed by atoms with Crippen molar-refractivity contribution in [2.75, 3.05) is 10.6 Å². The van der Waals surface area contributed by atoms with Gasteiger partial charge in [-0.3, -0.25) is 15.1 Å². The average Bonchev–Trinajstić information content (AvgIpc) is 2.70. The van der Waals surface area contributed by atoms with E-state index in [0.29, 0.717) is 16.9 Å². The van der Waals surface area contributed by atoms with E-state index in [-0.39, 0.29) is 17.3 Å². The predicted molar refractivity (Wildman–Crippen MR) is 116 cm³/mol. The fourth-order valence-corrected chi connectivity index (χ4v) is 3.14. The van der Waals surface area contributed by atoms with Crippen LogP contribution in [0.15, 0.2) is 65.4 Å². The number of rotatable bonds is 5. The quantitative estimate of drug-likeness (QED) is 0.305. The molecule has 0 fully saturated rings. The molecule has 0 spiro atoms. The molecule has 2 heterocycles. The smallest absolute Gasteiger partial charge is 0.334 e. The first-order valence-corrected chi connectivity index (χ1v) is 9.46. The molecule has 0 radical (unpaired) electrons. The molecule has 0 saturated heterocycles. The summed E-state index contributed by atoms with van der Waals surface area (Å²) in [6.07, 6.45) is 1.28. The molecule has 0 bridgehead atoms. The topological polar surface area (TPSA) is 106 Å². The van der Waals surface area contributed by atoms with Crippen LogP contribution in [0.3, 0.4) is 0 Å². The molecular weight excluding hydrogens is 436 g/mol. The predicted octanol–water partition coefficient (Wildman–Crippen LogP) is 5.49. The van der Waals surface area contributed by atoms with Gasteiger partial charge in [-0.2, -0.15) is 0 Å². The van der Waals surface area contributed by atoms with E-state index in [9.17, 15) is 10.1 Å². The summed E-state index contributed by atoms with van der Waals surface area (Å²) in [5.41, 5.74) is 2.61. The fourth-order valence-electron chi connectivity index (χ4n) is 2.88. The van der Waals surface area contributed by atoms with Crippen molar-refractivity contribution in [2.45, 2.75) is 6.92 Å². The molecule has 2 N–H and O–H groups in total. The van der Waals surface area contributed by atoms with Gasteiger partial charge in [0.2, 0.25) is 11.6 Å². The van der Waals surface area contributed by atoms with Gasteiger partial charge in [0.15, 0.2) is 0 Å². The van der Waals surface area contributed by atoms with E-state index in [0.717, 1.165) is 15.6 Å². The van der Waals surface area contributed by atoms with Crippen LogP contribution in [0, 0.1) is 17.0 Å². The minimum absolute atomic E-state index is 0.0837. The molecule has 0 atom stereocenters. The zero-order valence-corrected chi connectivity index (χ0v) is 16.8. The monoisotopic (exact) mass is 450 g/mol. The molecule has 0 unspecified atom stereocenters. The number of nitro groups is 1. The average molecular weight is 451 g/mol. The lowest BCUT2D eigenvalue weighted by Gasteiger charge is -2.11. The molecule has 0 aliphatic rings. The van der Waals surface area contributed by atoms with Crippen molar-refractivity contribution in [3.05, 3.63) is 81.2 Å². The molecule has 8 nitrogen and oxygen atoms in total. The number of hydrogen-bond acceptors (Lipinski definition) is 7. The van der Waals surface area contributed by atoms with Gasteiger partial charge in [-0.05, 0) is 43.3 Å². The molecule has 4 rings (SSSR count). The van der Waals surface area contributed by atoms with Crippen LogP contribution in [0.4, 0.5) is 28.7 Å². The maximum absolute atomic E-state index is 11.8. The van der Waals surface area contributed by atoms with Gasteiger partial charge in [0.05, 0.1) is 16.1 Å². The Kier molecular flexibility index (Phi) is 5.05. The van der Waals surface area contributed by atoms with Gasteiger partial charge < -0.3 is 10.6 Å². The van der Waals surface area contributed by atoms with Crippen molar-refractivity contribution < 1.29 is 4.92 Å². The Hall–Kier alpha value is -3.59. The summed E-state index contributed by atoms with van der Waals surface area (Å²) in [6.45, 7) is 1.89. The number of hydrogen-bond donors (Lipinski definition) is 2. The molecule has 0 amide bonds. The zero-order chi connectivity index (χ0) is 20.4. The van der Waals surface area contributed by atoms with E-state index in [1.165, 1.54) is 6.33 Å². The number of nitrogens with zero attached hydrogens (tertiary/aromatic N) is 4. The Labute approximate surface area is 174 Å². The molecule has 4 aromatic rings. The van der Waals surface area contributed by atoms with Gasteiger partial charge in [-0.25, -0.2) is 9.97 Å². The summed E-state index contributed by atoms with van der Waals surface area (Å²) in [7, 11) is 0. The normalized spacial score (nSPS) is 10.7. The van der Waals surface area contributed by atoms with Gasteiger partial charge in [0, 0.05) is 21.2 Å². The number of nitrogens with one attached hydrogen (secondary N) is 2. The SMILES string of the molecule is Cc1ccc2cccc(Nc3ncnc(Nc4ccc(Br)cc4)c3[N+](=O)[O-])c2n1. The first-order chi connectivity index (χ1) is 14.0.